The number of carbonyl (C=O) groups is 1. The Balaban J connectivity index is 1.34. The van der Waals surface area contributed by atoms with Gasteiger partial charge in [-0.2, -0.15) is 0 Å². The number of furan rings is 1. The number of rotatable bonds is 5. The Morgan fingerprint density at radius 1 is 1.12 bits per heavy atom. The van der Waals surface area contributed by atoms with Gasteiger partial charge in [0.1, 0.15) is 18.1 Å². The van der Waals surface area contributed by atoms with Crippen LogP contribution in [0.3, 0.4) is 0 Å². The fraction of sp³-hybridized carbons (Fsp3) is 0.389. The first kappa shape index (κ1) is 14.9. The molecule has 0 bridgehead atoms. The summed E-state index contributed by atoms with van der Waals surface area (Å²) in [6.45, 7) is 0.479. The highest BCUT2D eigenvalue weighted by atomic mass is 16.7. The smallest absolute Gasteiger partial charge is 0.287 e. The summed E-state index contributed by atoms with van der Waals surface area (Å²) in [4.78, 5) is 12.1. The van der Waals surface area contributed by atoms with Crippen molar-refractivity contribution in [2.24, 2.45) is 0 Å². The van der Waals surface area contributed by atoms with Gasteiger partial charge in [-0.25, -0.2) is 0 Å². The molecular weight excluding hydrogens is 310 g/mol. The van der Waals surface area contributed by atoms with E-state index in [-0.39, 0.29) is 25.3 Å². The summed E-state index contributed by atoms with van der Waals surface area (Å²) in [5, 5.41) is 3.01. The lowest BCUT2D eigenvalue weighted by molar-refractivity contribution is 0.0905. The van der Waals surface area contributed by atoms with Crippen LogP contribution in [-0.4, -0.2) is 18.7 Å². The molecule has 0 radical (unpaired) electrons. The maximum absolute atomic E-state index is 12.1. The minimum absolute atomic E-state index is 0.156. The third-order valence-electron chi connectivity index (χ3n) is 4.30. The van der Waals surface area contributed by atoms with Crippen molar-refractivity contribution in [2.75, 3.05) is 6.79 Å². The molecule has 2 aromatic rings. The summed E-state index contributed by atoms with van der Waals surface area (Å²) in [6.07, 6.45) is 4.45. The van der Waals surface area contributed by atoms with E-state index in [1.807, 2.05) is 6.07 Å². The second-order valence-electron chi connectivity index (χ2n) is 6.02. The van der Waals surface area contributed by atoms with Crippen LogP contribution in [0.5, 0.6) is 17.2 Å². The molecule has 1 aliphatic heterocycles. The number of ether oxygens (including phenoxy) is 3. The van der Waals surface area contributed by atoms with Gasteiger partial charge in [0.15, 0.2) is 17.3 Å². The summed E-state index contributed by atoms with van der Waals surface area (Å²) >= 11 is 0. The van der Waals surface area contributed by atoms with Crippen LogP contribution in [0.25, 0.3) is 0 Å². The van der Waals surface area contributed by atoms with Crippen LogP contribution in [0.4, 0.5) is 0 Å². The predicted octanol–water partition coefficient (Wildman–Crippen LogP) is 3.26. The number of benzene rings is 1. The van der Waals surface area contributed by atoms with Crippen molar-refractivity contribution < 1.29 is 23.4 Å². The van der Waals surface area contributed by atoms with Gasteiger partial charge in [-0.05, 0) is 37.1 Å². The molecule has 2 heterocycles. The molecule has 1 fully saturated rings. The molecule has 0 atom stereocenters. The van der Waals surface area contributed by atoms with Gasteiger partial charge in [-0.1, -0.05) is 12.8 Å². The average molecular weight is 329 g/mol. The fourth-order valence-corrected chi connectivity index (χ4v) is 3.03. The van der Waals surface area contributed by atoms with Crippen molar-refractivity contribution in [1.82, 2.24) is 5.32 Å². The van der Waals surface area contributed by atoms with Crippen LogP contribution >= 0.6 is 0 Å². The van der Waals surface area contributed by atoms with Gasteiger partial charge in [-0.3, -0.25) is 4.79 Å². The SMILES string of the molecule is O=C(NC1CCCC1)c1ccc(COc2ccc3c(c2)OCO3)o1. The minimum atomic E-state index is -0.156. The number of nitrogens with one attached hydrogen (secondary N) is 1. The van der Waals surface area contributed by atoms with Crippen LogP contribution < -0.4 is 19.5 Å². The largest absolute Gasteiger partial charge is 0.486 e. The first-order valence-electron chi connectivity index (χ1n) is 8.20. The van der Waals surface area contributed by atoms with Crippen LogP contribution in [0, 0.1) is 0 Å². The van der Waals surface area contributed by atoms with E-state index in [1.54, 1.807) is 24.3 Å². The van der Waals surface area contributed by atoms with E-state index in [9.17, 15) is 4.79 Å². The zero-order chi connectivity index (χ0) is 16.4. The van der Waals surface area contributed by atoms with Crippen LogP contribution in [-0.2, 0) is 6.61 Å². The molecule has 2 aliphatic rings. The predicted molar refractivity (Wildman–Crippen MR) is 85.3 cm³/mol. The highest BCUT2D eigenvalue weighted by Gasteiger charge is 2.20. The molecular formula is C18H19NO5. The van der Waals surface area contributed by atoms with E-state index >= 15 is 0 Å². The topological polar surface area (TPSA) is 69.9 Å². The number of hydrogen-bond donors (Lipinski definition) is 1. The molecule has 1 saturated carbocycles. The van der Waals surface area contributed by atoms with Gasteiger partial charge in [0.2, 0.25) is 6.79 Å². The maximum atomic E-state index is 12.1. The van der Waals surface area contributed by atoms with Gasteiger partial charge in [-0.15, -0.1) is 0 Å². The van der Waals surface area contributed by atoms with E-state index in [0.29, 0.717) is 28.8 Å². The monoisotopic (exact) mass is 329 g/mol. The van der Waals surface area contributed by atoms with E-state index in [0.717, 1.165) is 12.8 Å². The Morgan fingerprint density at radius 2 is 1.96 bits per heavy atom. The summed E-state index contributed by atoms with van der Waals surface area (Å²) in [5.41, 5.74) is 0. The molecule has 1 aromatic heterocycles. The Bertz CT molecular complexity index is 733. The molecule has 0 spiro atoms. The second-order valence-corrected chi connectivity index (χ2v) is 6.02. The van der Waals surface area contributed by atoms with E-state index in [1.165, 1.54) is 12.8 Å². The molecule has 0 unspecified atom stereocenters. The average Bonchev–Trinajstić information content (AvgIpc) is 3.33. The quantitative estimate of drug-likeness (QED) is 0.912. The Hall–Kier alpha value is -2.63. The van der Waals surface area contributed by atoms with Gasteiger partial charge in [0.25, 0.3) is 5.91 Å². The number of carbonyl (C=O) groups excluding carboxylic acids is 1. The Labute approximate surface area is 139 Å². The molecule has 4 rings (SSSR count). The first-order valence-corrected chi connectivity index (χ1v) is 8.20. The van der Waals surface area contributed by atoms with Crippen LogP contribution in [0.15, 0.2) is 34.7 Å². The van der Waals surface area contributed by atoms with Crippen molar-refractivity contribution in [3.63, 3.8) is 0 Å². The molecule has 126 valence electrons. The number of amides is 1. The molecule has 0 saturated heterocycles. The summed E-state index contributed by atoms with van der Waals surface area (Å²) in [6, 6.07) is 9.11. The van der Waals surface area contributed by atoms with Crippen molar-refractivity contribution in [3.8, 4) is 17.2 Å². The molecule has 1 N–H and O–H groups in total. The third-order valence-corrected chi connectivity index (χ3v) is 4.30. The summed E-state index contributed by atoms with van der Waals surface area (Å²) in [5.74, 6) is 2.81. The maximum Gasteiger partial charge on any atom is 0.287 e. The van der Waals surface area contributed by atoms with E-state index < -0.39 is 0 Å². The summed E-state index contributed by atoms with van der Waals surface area (Å²) < 4.78 is 21.8. The van der Waals surface area contributed by atoms with Crippen LogP contribution in [0.1, 0.15) is 42.0 Å². The second kappa shape index (κ2) is 6.47. The molecule has 1 amide bonds. The highest BCUT2D eigenvalue weighted by Crippen LogP contribution is 2.35. The van der Waals surface area contributed by atoms with E-state index in [2.05, 4.69) is 5.32 Å². The number of fused-ring (bicyclic) bond motifs is 1. The van der Waals surface area contributed by atoms with Crippen LogP contribution in [0.2, 0.25) is 0 Å². The Kier molecular flexibility index (Phi) is 4.02. The molecule has 6 heteroatoms. The zero-order valence-electron chi connectivity index (χ0n) is 13.2. The molecule has 24 heavy (non-hydrogen) atoms. The fourth-order valence-electron chi connectivity index (χ4n) is 3.03. The lowest BCUT2D eigenvalue weighted by Crippen LogP contribution is -2.32. The third kappa shape index (κ3) is 3.18. The van der Waals surface area contributed by atoms with Gasteiger partial charge >= 0.3 is 0 Å². The highest BCUT2D eigenvalue weighted by molar-refractivity contribution is 5.91. The molecule has 1 aliphatic carbocycles. The standard InChI is InChI=1S/C18H19NO5/c20-18(19-12-3-1-2-4-12)16-8-6-14(24-16)10-21-13-5-7-15-17(9-13)23-11-22-15/h5-9,12H,1-4,10-11H2,(H,19,20). The van der Waals surface area contributed by atoms with Crippen molar-refractivity contribution in [1.29, 1.82) is 0 Å². The minimum Gasteiger partial charge on any atom is -0.486 e. The number of hydrogen-bond acceptors (Lipinski definition) is 5. The van der Waals surface area contributed by atoms with E-state index in [4.69, 9.17) is 18.6 Å². The Morgan fingerprint density at radius 3 is 2.83 bits per heavy atom. The lowest BCUT2D eigenvalue weighted by atomic mass is 10.2. The van der Waals surface area contributed by atoms with Gasteiger partial charge in [0, 0.05) is 12.1 Å². The molecule has 1 aromatic carbocycles. The van der Waals surface area contributed by atoms with Crippen molar-refractivity contribution in [2.45, 2.75) is 38.3 Å². The molecule has 6 nitrogen and oxygen atoms in total. The van der Waals surface area contributed by atoms with Gasteiger partial charge in [0.05, 0.1) is 0 Å². The van der Waals surface area contributed by atoms with Gasteiger partial charge < -0.3 is 23.9 Å². The first-order chi connectivity index (χ1) is 11.8. The normalized spacial score (nSPS) is 16.3. The summed E-state index contributed by atoms with van der Waals surface area (Å²) in [7, 11) is 0. The van der Waals surface area contributed by atoms with Crippen molar-refractivity contribution >= 4 is 5.91 Å². The lowest BCUT2D eigenvalue weighted by Gasteiger charge is -2.10. The van der Waals surface area contributed by atoms with Crippen molar-refractivity contribution in [3.05, 3.63) is 41.9 Å². The zero-order valence-corrected chi connectivity index (χ0v) is 13.2.